The van der Waals surface area contributed by atoms with Gasteiger partial charge in [-0.25, -0.2) is 4.39 Å². The third-order valence-corrected chi connectivity index (χ3v) is 4.33. The lowest BCUT2D eigenvalue weighted by Gasteiger charge is -2.11. The number of nitrogens with zero attached hydrogens (tertiary/aromatic N) is 1. The van der Waals surface area contributed by atoms with E-state index in [1.807, 2.05) is 12.1 Å². The SMILES string of the molecule is CCCCCCOc1cccc(NC(=O)c2ccc3ncccc3c2)c1F. The van der Waals surface area contributed by atoms with E-state index in [0.717, 1.165) is 36.6 Å². The number of benzene rings is 2. The van der Waals surface area contributed by atoms with E-state index < -0.39 is 5.82 Å². The van der Waals surface area contributed by atoms with Crippen LogP contribution < -0.4 is 10.1 Å². The summed E-state index contributed by atoms with van der Waals surface area (Å²) in [4.78, 5) is 16.7. The highest BCUT2D eigenvalue weighted by Gasteiger charge is 2.13. The van der Waals surface area contributed by atoms with E-state index in [4.69, 9.17) is 4.74 Å². The molecular formula is C22H23FN2O2. The molecule has 0 saturated carbocycles. The van der Waals surface area contributed by atoms with Gasteiger partial charge >= 0.3 is 0 Å². The van der Waals surface area contributed by atoms with Gasteiger partial charge in [0.1, 0.15) is 0 Å². The predicted molar refractivity (Wildman–Crippen MR) is 106 cm³/mol. The van der Waals surface area contributed by atoms with Gasteiger partial charge < -0.3 is 10.1 Å². The standard InChI is InChI=1S/C22H23FN2O2/c1-2-3-4-5-14-27-20-10-6-9-19(21(20)23)25-22(26)17-11-12-18-16(15-17)8-7-13-24-18/h6-13,15H,2-5,14H2,1H3,(H,25,26). The summed E-state index contributed by atoms with van der Waals surface area (Å²) in [5.74, 6) is -0.768. The summed E-state index contributed by atoms with van der Waals surface area (Å²) in [7, 11) is 0. The molecule has 0 atom stereocenters. The first-order valence-electron chi connectivity index (χ1n) is 9.26. The number of hydrogen-bond acceptors (Lipinski definition) is 3. The number of aromatic nitrogens is 1. The summed E-state index contributed by atoms with van der Waals surface area (Å²) in [5.41, 5.74) is 1.36. The van der Waals surface area contributed by atoms with Crippen LogP contribution in [0.5, 0.6) is 5.75 Å². The van der Waals surface area contributed by atoms with Crippen LogP contribution in [0.2, 0.25) is 0 Å². The third kappa shape index (κ3) is 4.82. The summed E-state index contributed by atoms with van der Waals surface area (Å²) in [5, 5.41) is 3.48. The fourth-order valence-corrected chi connectivity index (χ4v) is 2.84. The van der Waals surface area contributed by atoms with Gasteiger partial charge in [0.2, 0.25) is 0 Å². The van der Waals surface area contributed by atoms with Gasteiger partial charge in [-0.3, -0.25) is 9.78 Å². The van der Waals surface area contributed by atoms with E-state index in [1.165, 1.54) is 6.07 Å². The van der Waals surface area contributed by atoms with E-state index in [0.29, 0.717) is 12.2 Å². The number of nitrogens with one attached hydrogen (secondary N) is 1. The van der Waals surface area contributed by atoms with Crippen molar-refractivity contribution in [1.82, 2.24) is 4.98 Å². The van der Waals surface area contributed by atoms with Crippen LogP contribution >= 0.6 is 0 Å². The zero-order valence-corrected chi connectivity index (χ0v) is 15.4. The molecule has 27 heavy (non-hydrogen) atoms. The minimum Gasteiger partial charge on any atom is -0.490 e. The molecule has 0 spiro atoms. The Balaban J connectivity index is 1.68. The molecule has 1 aromatic heterocycles. The summed E-state index contributed by atoms with van der Waals surface area (Å²) in [6, 6.07) is 13.7. The molecule has 3 rings (SSSR count). The zero-order chi connectivity index (χ0) is 19.1. The van der Waals surface area contributed by atoms with Crippen molar-refractivity contribution < 1.29 is 13.9 Å². The molecule has 0 aliphatic carbocycles. The molecule has 140 valence electrons. The zero-order valence-electron chi connectivity index (χ0n) is 15.4. The Morgan fingerprint density at radius 3 is 2.85 bits per heavy atom. The number of carbonyl (C=O) groups is 1. The second kappa shape index (κ2) is 9.12. The van der Waals surface area contributed by atoms with E-state index in [1.54, 1.807) is 36.5 Å². The maximum Gasteiger partial charge on any atom is 0.255 e. The molecule has 0 unspecified atom stereocenters. The number of unbranched alkanes of at least 4 members (excludes halogenated alkanes) is 3. The highest BCUT2D eigenvalue weighted by atomic mass is 19.1. The van der Waals surface area contributed by atoms with Gasteiger partial charge in [0.15, 0.2) is 11.6 Å². The molecule has 1 N–H and O–H groups in total. The van der Waals surface area contributed by atoms with Crippen molar-refractivity contribution in [1.29, 1.82) is 0 Å². The number of ether oxygens (including phenoxy) is 1. The van der Waals surface area contributed by atoms with Crippen LogP contribution in [0.1, 0.15) is 43.0 Å². The summed E-state index contributed by atoms with van der Waals surface area (Å²) in [6.45, 7) is 2.60. The number of rotatable bonds is 8. The van der Waals surface area contributed by atoms with Crippen molar-refractivity contribution in [2.75, 3.05) is 11.9 Å². The molecule has 0 bridgehead atoms. The fourth-order valence-electron chi connectivity index (χ4n) is 2.84. The Hall–Kier alpha value is -2.95. The summed E-state index contributed by atoms with van der Waals surface area (Å²) >= 11 is 0. The number of anilines is 1. The van der Waals surface area contributed by atoms with Crippen molar-refractivity contribution in [2.45, 2.75) is 32.6 Å². The quantitative estimate of drug-likeness (QED) is 0.529. The molecular weight excluding hydrogens is 343 g/mol. The molecule has 0 radical (unpaired) electrons. The van der Waals surface area contributed by atoms with Crippen LogP contribution in [-0.4, -0.2) is 17.5 Å². The highest BCUT2D eigenvalue weighted by molar-refractivity contribution is 6.06. The van der Waals surface area contributed by atoms with Crippen molar-refractivity contribution in [2.24, 2.45) is 0 Å². The monoisotopic (exact) mass is 366 g/mol. The predicted octanol–water partition coefficient (Wildman–Crippen LogP) is 5.59. The van der Waals surface area contributed by atoms with Crippen molar-refractivity contribution >= 4 is 22.5 Å². The molecule has 3 aromatic rings. The van der Waals surface area contributed by atoms with Crippen LogP contribution in [0.15, 0.2) is 54.7 Å². The Morgan fingerprint density at radius 1 is 1.11 bits per heavy atom. The molecule has 0 saturated heterocycles. The van der Waals surface area contributed by atoms with E-state index >= 15 is 0 Å². The van der Waals surface area contributed by atoms with Gasteiger partial charge in [-0.1, -0.05) is 38.3 Å². The summed E-state index contributed by atoms with van der Waals surface area (Å²) < 4.78 is 20.2. The van der Waals surface area contributed by atoms with E-state index in [-0.39, 0.29) is 17.3 Å². The molecule has 2 aromatic carbocycles. The van der Waals surface area contributed by atoms with Gasteiger partial charge in [-0.15, -0.1) is 0 Å². The lowest BCUT2D eigenvalue weighted by atomic mass is 10.1. The van der Waals surface area contributed by atoms with Crippen molar-refractivity contribution in [3.8, 4) is 5.75 Å². The number of pyridine rings is 1. The van der Waals surface area contributed by atoms with Gasteiger partial charge in [0, 0.05) is 17.1 Å². The molecule has 5 heteroatoms. The molecule has 1 amide bonds. The third-order valence-electron chi connectivity index (χ3n) is 4.33. The average molecular weight is 366 g/mol. The van der Waals surface area contributed by atoms with Crippen LogP contribution in [0, 0.1) is 5.82 Å². The Bertz CT molecular complexity index is 927. The topological polar surface area (TPSA) is 51.2 Å². The maximum absolute atomic E-state index is 14.6. The Morgan fingerprint density at radius 2 is 2.00 bits per heavy atom. The lowest BCUT2D eigenvalue weighted by Crippen LogP contribution is -2.13. The molecule has 4 nitrogen and oxygen atoms in total. The van der Waals surface area contributed by atoms with Gasteiger partial charge in [-0.2, -0.15) is 0 Å². The fraction of sp³-hybridized carbons (Fsp3) is 0.273. The molecule has 0 aliphatic heterocycles. The van der Waals surface area contributed by atoms with Gasteiger partial charge in [-0.05, 0) is 42.8 Å². The number of amides is 1. The van der Waals surface area contributed by atoms with Crippen molar-refractivity contribution in [3.05, 3.63) is 66.1 Å². The minimum atomic E-state index is -0.552. The van der Waals surface area contributed by atoms with Crippen LogP contribution in [-0.2, 0) is 0 Å². The normalized spacial score (nSPS) is 10.7. The highest BCUT2D eigenvalue weighted by Crippen LogP contribution is 2.25. The number of carbonyl (C=O) groups excluding carboxylic acids is 1. The number of halogens is 1. The lowest BCUT2D eigenvalue weighted by molar-refractivity contribution is 0.102. The number of hydrogen-bond donors (Lipinski definition) is 1. The first-order chi connectivity index (χ1) is 13.2. The molecule has 0 fully saturated rings. The first-order valence-corrected chi connectivity index (χ1v) is 9.26. The second-order valence-corrected chi connectivity index (χ2v) is 6.39. The van der Waals surface area contributed by atoms with Crippen LogP contribution in [0.3, 0.4) is 0 Å². The van der Waals surface area contributed by atoms with E-state index in [2.05, 4.69) is 17.2 Å². The van der Waals surface area contributed by atoms with Gasteiger partial charge in [0.05, 0.1) is 17.8 Å². The van der Waals surface area contributed by atoms with Gasteiger partial charge in [0.25, 0.3) is 5.91 Å². The molecule has 1 heterocycles. The van der Waals surface area contributed by atoms with Crippen LogP contribution in [0.4, 0.5) is 10.1 Å². The maximum atomic E-state index is 14.6. The minimum absolute atomic E-state index is 0.109. The smallest absolute Gasteiger partial charge is 0.255 e. The van der Waals surface area contributed by atoms with Crippen molar-refractivity contribution in [3.63, 3.8) is 0 Å². The Kier molecular flexibility index (Phi) is 6.36. The molecule has 0 aliphatic rings. The second-order valence-electron chi connectivity index (χ2n) is 6.39. The van der Waals surface area contributed by atoms with Crippen LogP contribution in [0.25, 0.3) is 10.9 Å². The Labute approximate surface area is 158 Å². The first kappa shape index (κ1) is 18.8. The average Bonchev–Trinajstić information content (AvgIpc) is 2.70. The summed E-state index contributed by atoms with van der Waals surface area (Å²) in [6.07, 6.45) is 5.93. The number of fused-ring (bicyclic) bond motifs is 1. The van der Waals surface area contributed by atoms with E-state index in [9.17, 15) is 9.18 Å². The largest absolute Gasteiger partial charge is 0.490 e.